The van der Waals surface area contributed by atoms with Gasteiger partial charge in [0, 0.05) is 18.3 Å². The molecule has 0 bridgehead atoms. The highest BCUT2D eigenvalue weighted by Crippen LogP contribution is 2.25. The molecule has 0 spiro atoms. The molecule has 0 fully saturated rings. The summed E-state index contributed by atoms with van der Waals surface area (Å²) in [7, 11) is 1.30. The predicted molar refractivity (Wildman–Crippen MR) is 92.4 cm³/mol. The van der Waals surface area contributed by atoms with E-state index in [0.717, 1.165) is 6.07 Å². The third-order valence-electron chi connectivity index (χ3n) is 3.28. The molecule has 0 saturated carbocycles. The monoisotopic (exact) mass is 379 g/mol. The summed E-state index contributed by atoms with van der Waals surface area (Å²) in [5.41, 5.74) is -0.215. The number of aromatic nitrogens is 1. The molecule has 10 heteroatoms. The van der Waals surface area contributed by atoms with Crippen LogP contribution < -0.4 is 10.1 Å². The Morgan fingerprint density at radius 3 is 2.69 bits per heavy atom. The number of nitrogens with one attached hydrogen (secondary N) is 1. The van der Waals surface area contributed by atoms with Crippen LogP contribution in [0.2, 0.25) is 5.15 Å². The first-order chi connectivity index (χ1) is 12.3. The zero-order valence-electron chi connectivity index (χ0n) is 13.8. The first-order valence-corrected chi connectivity index (χ1v) is 7.66. The number of hydrogen-bond donors (Lipinski definition) is 1. The maximum atomic E-state index is 12.3. The van der Waals surface area contributed by atoms with E-state index >= 15 is 0 Å². The lowest BCUT2D eigenvalue weighted by Crippen LogP contribution is -2.30. The number of nitrogens with zero attached hydrogens (tertiary/aromatic N) is 2. The molecule has 2 rings (SSSR count). The molecule has 1 aromatic carbocycles. The van der Waals surface area contributed by atoms with Crippen molar-refractivity contribution in [3.05, 3.63) is 57.4 Å². The fraction of sp³-hybridized carbons (Fsp3) is 0.188. The van der Waals surface area contributed by atoms with Gasteiger partial charge in [0.15, 0.2) is 11.3 Å². The molecule has 2 aromatic rings. The number of esters is 1. The molecule has 0 saturated heterocycles. The van der Waals surface area contributed by atoms with Gasteiger partial charge in [-0.1, -0.05) is 11.6 Å². The van der Waals surface area contributed by atoms with Crippen LogP contribution in [-0.4, -0.2) is 35.0 Å². The van der Waals surface area contributed by atoms with Gasteiger partial charge in [0.25, 0.3) is 11.6 Å². The third kappa shape index (κ3) is 4.45. The smallest absolute Gasteiger partial charge is 0.342 e. The summed E-state index contributed by atoms with van der Waals surface area (Å²) in [5.74, 6) is -1.49. The molecule has 0 aliphatic carbocycles. The number of methoxy groups -OCH3 is 1. The van der Waals surface area contributed by atoms with Crippen molar-refractivity contribution in [3.63, 3.8) is 0 Å². The number of ether oxygens (including phenoxy) is 2. The summed E-state index contributed by atoms with van der Waals surface area (Å²) in [5, 5.41) is 13.4. The first-order valence-electron chi connectivity index (χ1n) is 7.28. The van der Waals surface area contributed by atoms with Crippen molar-refractivity contribution in [2.75, 3.05) is 12.4 Å². The van der Waals surface area contributed by atoms with Gasteiger partial charge >= 0.3 is 5.97 Å². The van der Waals surface area contributed by atoms with Gasteiger partial charge in [0.05, 0.1) is 17.7 Å². The highest BCUT2D eigenvalue weighted by Gasteiger charge is 2.24. The summed E-state index contributed by atoms with van der Waals surface area (Å²) < 4.78 is 10.1. The normalized spacial score (nSPS) is 11.3. The van der Waals surface area contributed by atoms with Crippen LogP contribution in [0.3, 0.4) is 0 Å². The predicted octanol–water partition coefficient (Wildman–Crippen LogP) is 2.84. The van der Waals surface area contributed by atoms with Crippen LogP contribution in [-0.2, 0) is 9.53 Å². The lowest BCUT2D eigenvalue weighted by molar-refractivity contribution is -0.384. The second kappa shape index (κ2) is 8.26. The maximum absolute atomic E-state index is 12.3. The van der Waals surface area contributed by atoms with Crippen LogP contribution in [0.5, 0.6) is 5.75 Å². The molecule has 0 aliphatic rings. The van der Waals surface area contributed by atoms with E-state index < -0.39 is 22.9 Å². The van der Waals surface area contributed by atoms with E-state index in [1.807, 2.05) is 0 Å². The lowest BCUT2D eigenvalue weighted by atomic mass is 10.1. The van der Waals surface area contributed by atoms with Crippen LogP contribution in [0.1, 0.15) is 17.3 Å². The van der Waals surface area contributed by atoms with Crippen molar-refractivity contribution in [3.8, 4) is 5.75 Å². The van der Waals surface area contributed by atoms with Gasteiger partial charge in [-0.25, -0.2) is 9.78 Å². The van der Waals surface area contributed by atoms with Gasteiger partial charge < -0.3 is 14.8 Å². The fourth-order valence-electron chi connectivity index (χ4n) is 1.96. The van der Waals surface area contributed by atoms with E-state index in [0.29, 0.717) is 0 Å². The van der Waals surface area contributed by atoms with E-state index in [1.54, 1.807) is 6.07 Å². The standard InChI is InChI=1S/C16H14ClN3O6/c1-9(15(21)19-12-4-3-7-18-14(12)17)26-16(22)11-8-10(20(23)24)5-6-13(11)25-2/h3-9H,1-2H3,(H,19,21)/t9-/m1/s1. The molecule has 1 atom stereocenters. The third-order valence-corrected chi connectivity index (χ3v) is 3.58. The lowest BCUT2D eigenvalue weighted by Gasteiger charge is -2.15. The number of halogens is 1. The summed E-state index contributed by atoms with van der Waals surface area (Å²) >= 11 is 5.85. The molecule has 1 amide bonds. The minimum atomic E-state index is -1.19. The minimum absolute atomic E-state index is 0.0831. The van der Waals surface area contributed by atoms with E-state index in [9.17, 15) is 19.7 Å². The Balaban J connectivity index is 2.13. The molecule has 9 nitrogen and oxygen atoms in total. The Kier molecular flexibility index (Phi) is 6.07. The topological polar surface area (TPSA) is 121 Å². The van der Waals surface area contributed by atoms with Crippen LogP contribution >= 0.6 is 11.6 Å². The molecule has 0 aliphatic heterocycles. The molecular formula is C16H14ClN3O6. The Morgan fingerprint density at radius 1 is 1.35 bits per heavy atom. The van der Waals surface area contributed by atoms with Crippen LogP contribution in [0, 0.1) is 10.1 Å². The van der Waals surface area contributed by atoms with E-state index in [2.05, 4.69) is 10.3 Å². The number of carbonyl (C=O) groups excluding carboxylic acids is 2. The number of rotatable bonds is 6. The second-order valence-corrected chi connectivity index (χ2v) is 5.38. The zero-order chi connectivity index (χ0) is 19.3. The number of anilines is 1. The number of nitro benzene ring substituents is 1. The van der Waals surface area contributed by atoms with Gasteiger partial charge in [0.1, 0.15) is 11.3 Å². The first kappa shape index (κ1) is 19.1. The summed E-state index contributed by atoms with van der Waals surface area (Å²) in [6, 6.07) is 6.59. The number of amides is 1. The molecule has 26 heavy (non-hydrogen) atoms. The number of hydrogen-bond acceptors (Lipinski definition) is 7. The summed E-state index contributed by atoms with van der Waals surface area (Å²) in [4.78, 5) is 38.5. The molecule has 1 N–H and O–H groups in total. The van der Waals surface area contributed by atoms with E-state index in [4.69, 9.17) is 21.1 Å². The van der Waals surface area contributed by atoms with Crippen LogP contribution in [0.15, 0.2) is 36.5 Å². The molecule has 1 heterocycles. The minimum Gasteiger partial charge on any atom is -0.496 e. The van der Waals surface area contributed by atoms with Crippen molar-refractivity contribution in [2.45, 2.75) is 13.0 Å². The van der Waals surface area contributed by atoms with Crippen LogP contribution in [0.25, 0.3) is 0 Å². The second-order valence-electron chi connectivity index (χ2n) is 5.02. The molecule has 1 aromatic heterocycles. The Morgan fingerprint density at radius 2 is 2.08 bits per heavy atom. The number of nitro groups is 1. The van der Waals surface area contributed by atoms with Crippen molar-refractivity contribution < 1.29 is 24.0 Å². The van der Waals surface area contributed by atoms with Gasteiger partial charge in [-0.3, -0.25) is 14.9 Å². The number of pyridine rings is 1. The van der Waals surface area contributed by atoms with Gasteiger partial charge in [-0.15, -0.1) is 0 Å². The Labute approximate surface area is 153 Å². The average Bonchev–Trinajstić information content (AvgIpc) is 2.62. The highest BCUT2D eigenvalue weighted by atomic mass is 35.5. The van der Waals surface area contributed by atoms with Gasteiger partial charge in [-0.2, -0.15) is 0 Å². The van der Waals surface area contributed by atoms with Gasteiger partial charge in [-0.05, 0) is 25.1 Å². The molecule has 0 unspecified atom stereocenters. The average molecular weight is 380 g/mol. The van der Waals surface area contributed by atoms with E-state index in [1.165, 1.54) is 38.4 Å². The quantitative estimate of drug-likeness (QED) is 0.354. The maximum Gasteiger partial charge on any atom is 0.342 e. The molecule has 136 valence electrons. The van der Waals surface area contributed by atoms with Crippen molar-refractivity contribution in [2.24, 2.45) is 0 Å². The molecular weight excluding hydrogens is 366 g/mol. The van der Waals surface area contributed by atoms with Crippen LogP contribution in [0.4, 0.5) is 11.4 Å². The highest BCUT2D eigenvalue weighted by molar-refractivity contribution is 6.32. The van der Waals surface area contributed by atoms with Crippen molar-refractivity contribution in [1.29, 1.82) is 0 Å². The Bertz CT molecular complexity index is 858. The number of benzene rings is 1. The largest absolute Gasteiger partial charge is 0.496 e. The van der Waals surface area contributed by atoms with Gasteiger partial charge in [0.2, 0.25) is 0 Å². The zero-order valence-corrected chi connectivity index (χ0v) is 14.5. The number of non-ortho nitro benzene ring substituents is 1. The summed E-state index contributed by atoms with van der Waals surface area (Å²) in [6.07, 6.45) is 0.262. The van der Waals surface area contributed by atoms with E-state index in [-0.39, 0.29) is 27.8 Å². The SMILES string of the molecule is COc1ccc([N+](=O)[O-])cc1C(=O)O[C@H](C)C(=O)Nc1cccnc1Cl. The van der Waals surface area contributed by atoms with Crippen molar-refractivity contribution >= 4 is 34.9 Å². The fourth-order valence-corrected chi connectivity index (χ4v) is 2.13. The Hall–Kier alpha value is -3.20. The summed E-state index contributed by atoms with van der Waals surface area (Å²) in [6.45, 7) is 1.35. The van der Waals surface area contributed by atoms with Crippen molar-refractivity contribution in [1.82, 2.24) is 4.98 Å². The number of carbonyl (C=O) groups is 2. The molecule has 0 radical (unpaired) electrons.